The molecule has 0 N–H and O–H groups in total. The van der Waals surface area contributed by atoms with Gasteiger partial charge in [-0.15, -0.1) is 0 Å². The van der Waals surface area contributed by atoms with Crippen molar-refractivity contribution in [3.05, 3.63) is 60.3 Å². The lowest BCUT2D eigenvalue weighted by Gasteiger charge is -2.05. The summed E-state index contributed by atoms with van der Waals surface area (Å²) in [7, 11) is 1.80. The van der Waals surface area contributed by atoms with Crippen LogP contribution in [0.25, 0.3) is 10.9 Å². The van der Waals surface area contributed by atoms with Gasteiger partial charge in [-0.25, -0.2) is 4.98 Å². The van der Waals surface area contributed by atoms with Crippen LogP contribution in [0.3, 0.4) is 0 Å². The molecule has 3 aromatic rings. The summed E-state index contributed by atoms with van der Waals surface area (Å²) in [6.45, 7) is 0. The summed E-state index contributed by atoms with van der Waals surface area (Å²) in [6.07, 6.45) is 4.89. The van der Waals surface area contributed by atoms with Gasteiger partial charge >= 0.3 is 0 Å². The highest BCUT2D eigenvalue weighted by Crippen LogP contribution is 2.18. The third-order valence-corrected chi connectivity index (χ3v) is 2.93. The summed E-state index contributed by atoms with van der Waals surface area (Å²) in [6, 6.07) is 9.42. The molecular weight excluding hydrogens is 226 g/mol. The first-order valence-electron chi connectivity index (χ1n) is 5.62. The van der Waals surface area contributed by atoms with E-state index in [4.69, 9.17) is 0 Å². The van der Waals surface area contributed by atoms with Gasteiger partial charge in [0.05, 0.1) is 23.6 Å². The molecule has 0 atom stereocenters. The first-order valence-corrected chi connectivity index (χ1v) is 5.62. The molecular formula is C14H11N3O. The van der Waals surface area contributed by atoms with E-state index >= 15 is 0 Å². The molecule has 2 aromatic heterocycles. The molecule has 0 spiro atoms. The molecule has 2 heterocycles. The molecule has 0 fully saturated rings. The van der Waals surface area contributed by atoms with Crippen molar-refractivity contribution in [1.29, 1.82) is 0 Å². The number of ketones is 1. The highest BCUT2D eigenvalue weighted by atomic mass is 16.1. The zero-order valence-electron chi connectivity index (χ0n) is 9.87. The second-order valence-electron chi connectivity index (χ2n) is 4.10. The van der Waals surface area contributed by atoms with E-state index in [2.05, 4.69) is 9.97 Å². The van der Waals surface area contributed by atoms with Crippen molar-refractivity contribution in [1.82, 2.24) is 14.5 Å². The van der Waals surface area contributed by atoms with Gasteiger partial charge in [0, 0.05) is 18.6 Å². The molecule has 0 saturated carbocycles. The zero-order valence-corrected chi connectivity index (χ0v) is 9.87. The van der Waals surface area contributed by atoms with Crippen LogP contribution in [0.5, 0.6) is 0 Å². The summed E-state index contributed by atoms with van der Waals surface area (Å²) < 4.78 is 1.71. The van der Waals surface area contributed by atoms with Crippen LogP contribution >= 0.6 is 0 Å². The van der Waals surface area contributed by atoms with Crippen LogP contribution in [0.2, 0.25) is 0 Å². The first-order chi connectivity index (χ1) is 8.77. The van der Waals surface area contributed by atoms with E-state index in [0.717, 1.165) is 10.9 Å². The molecule has 0 bridgehead atoms. The second-order valence-corrected chi connectivity index (χ2v) is 4.10. The number of nitrogens with zero attached hydrogens (tertiary/aromatic N) is 3. The molecule has 0 amide bonds. The number of benzene rings is 1. The SMILES string of the molecule is Cn1cncc1C(=O)c1cccc2cccnc12. The summed E-state index contributed by atoms with van der Waals surface area (Å²) in [5, 5.41) is 0.963. The van der Waals surface area contributed by atoms with Gasteiger partial charge in [0.1, 0.15) is 5.69 Å². The van der Waals surface area contributed by atoms with Gasteiger partial charge in [-0.2, -0.15) is 0 Å². The van der Waals surface area contributed by atoms with Crippen molar-refractivity contribution in [3.8, 4) is 0 Å². The number of para-hydroxylation sites is 1. The fourth-order valence-electron chi connectivity index (χ4n) is 2.00. The summed E-state index contributed by atoms with van der Waals surface area (Å²) in [5.74, 6) is -0.0562. The minimum atomic E-state index is -0.0562. The Hall–Kier alpha value is -2.49. The van der Waals surface area contributed by atoms with E-state index in [1.807, 2.05) is 24.3 Å². The summed E-state index contributed by atoms with van der Waals surface area (Å²) in [5.41, 5.74) is 1.90. The van der Waals surface area contributed by atoms with Crippen molar-refractivity contribution < 1.29 is 4.79 Å². The third kappa shape index (κ3) is 1.59. The highest BCUT2D eigenvalue weighted by molar-refractivity contribution is 6.14. The van der Waals surface area contributed by atoms with Gasteiger partial charge in [0.2, 0.25) is 5.78 Å². The lowest BCUT2D eigenvalue weighted by Crippen LogP contribution is -2.07. The number of carbonyl (C=O) groups is 1. The number of carbonyl (C=O) groups excluding carboxylic acids is 1. The second kappa shape index (κ2) is 4.07. The van der Waals surface area contributed by atoms with Crippen LogP contribution in [0.4, 0.5) is 0 Å². The van der Waals surface area contributed by atoms with Gasteiger partial charge in [0.25, 0.3) is 0 Å². The Labute approximate surface area is 104 Å². The van der Waals surface area contributed by atoms with Gasteiger partial charge in [0.15, 0.2) is 0 Å². The Balaban J connectivity index is 2.21. The monoisotopic (exact) mass is 237 g/mol. The third-order valence-electron chi connectivity index (χ3n) is 2.93. The zero-order chi connectivity index (χ0) is 12.5. The van der Waals surface area contributed by atoms with E-state index in [0.29, 0.717) is 11.3 Å². The number of fused-ring (bicyclic) bond motifs is 1. The largest absolute Gasteiger partial charge is 0.331 e. The molecule has 88 valence electrons. The molecule has 0 saturated heterocycles. The Morgan fingerprint density at radius 1 is 1.22 bits per heavy atom. The maximum absolute atomic E-state index is 12.4. The molecule has 0 aliphatic heterocycles. The lowest BCUT2D eigenvalue weighted by atomic mass is 10.0. The molecule has 1 aromatic carbocycles. The Morgan fingerprint density at radius 2 is 2.06 bits per heavy atom. The van der Waals surface area contributed by atoms with Gasteiger partial charge < -0.3 is 4.57 Å². The van der Waals surface area contributed by atoms with E-state index in [1.165, 1.54) is 0 Å². The van der Waals surface area contributed by atoms with Gasteiger partial charge in [-0.3, -0.25) is 9.78 Å². The predicted molar refractivity (Wildman–Crippen MR) is 68.4 cm³/mol. The van der Waals surface area contributed by atoms with E-state index in [-0.39, 0.29) is 5.78 Å². The summed E-state index contributed by atoms with van der Waals surface area (Å²) >= 11 is 0. The predicted octanol–water partition coefficient (Wildman–Crippen LogP) is 2.20. The molecule has 4 nitrogen and oxygen atoms in total. The van der Waals surface area contributed by atoms with Crippen LogP contribution in [0.15, 0.2) is 49.1 Å². The molecule has 0 unspecified atom stereocenters. The van der Waals surface area contributed by atoms with E-state index < -0.39 is 0 Å². The number of hydrogen-bond acceptors (Lipinski definition) is 3. The van der Waals surface area contributed by atoms with Crippen molar-refractivity contribution in [2.75, 3.05) is 0 Å². The van der Waals surface area contributed by atoms with Crippen LogP contribution in [0.1, 0.15) is 16.1 Å². The molecule has 0 aliphatic rings. The van der Waals surface area contributed by atoms with Gasteiger partial charge in [-0.1, -0.05) is 18.2 Å². The number of pyridine rings is 1. The highest BCUT2D eigenvalue weighted by Gasteiger charge is 2.15. The number of imidazole rings is 1. The van der Waals surface area contributed by atoms with E-state index in [9.17, 15) is 4.79 Å². The maximum atomic E-state index is 12.4. The van der Waals surface area contributed by atoms with Crippen molar-refractivity contribution in [2.45, 2.75) is 0 Å². The Bertz CT molecular complexity index is 725. The minimum Gasteiger partial charge on any atom is -0.331 e. The lowest BCUT2D eigenvalue weighted by molar-refractivity contribution is 0.103. The molecule has 3 rings (SSSR count). The minimum absolute atomic E-state index is 0.0562. The van der Waals surface area contributed by atoms with Crippen molar-refractivity contribution in [2.24, 2.45) is 7.05 Å². The maximum Gasteiger partial charge on any atom is 0.213 e. The Morgan fingerprint density at radius 3 is 2.83 bits per heavy atom. The van der Waals surface area contributed by atoms with Crippen LogP contribution < -0.4 is 0 Å². The molecule has 4 heteroatoms. The fourth-order valence-corrected chi connectivity index (χ4v) is 2.00. The number of hydrogen-bond donors (Lipinski definition) is 0. The summed E-state index contributed by atoms with van der Waals surface area (Å²) in [4.78, 5) is 20.7. The molecule has 18 heavy (non-hydrogen) atoms. The van der Waals surface area contributed by atoms with Crippen LogP contribution in [-0.4, -0.2) is 20.3 Å². The number of aryl methyl sites for hydroxylation is 1. The fraction of sp³-hybridized carbons (Fsp3) is 0.0714. The number of aromatic nitrogens is 3. The normalized spacial score (nSPS) is 10.7. The Kier molecular flexibility index (Phi) is 2.41. The van der Waals surface area contributed by atoms with E-state index in [1.54, 1.807) is 36.4 Å². The van der Waals surface area contributed by atoms with Crippen LogP contribution in [0, 0.1) is 0 Å². The topological polar surface area (TPSA) is 47.8 Å². The quantitative estimate of drug-likeness (QED) is 0.642. The van der Waals surface area contributed by atoms with Crippen molar-refractivity contribution in [3.63, 3.8) is 0 Å². The average molecular weight is 237 g/mol. The average Bonchev–Trinajstić information content (AvgIpc) is 2.83. The van der Waals surface area contributed by atoms with Gasteiger partial charge in [-0.05, 0) is 12.1 Å². The smallest absolute Gasteiger partial charge is 0.213 e. The van der Waals surface area contributed by atoms with Crippen LogP contribution in [-0.2, 0) is 7.05 Å². The standard InChI is InChI=1S/C14H11N3O/c1-17-9-15-8-12(17)14(18)11-6-2-4-10-5-3-7-16-13(10)11/h2-9H,1H3. The molecule has 0 radical (unpaired) electrons. The first kappa shape index (κ1) is 10.7. The van der Waals surface area contributed by atoms with Crippen molar-refractivity contribution >= 4 is 16.7 Å². The molecule has 0 aliphatic carbocycles. The number of rotatable bonds is 2.